The smallest absolute Gasteiger partial charge is 0.144 e. The van der Waals surface area contributed by atoms with Crippen molar-refractivity contribution in [2.24, 2.45) is 5.92 Å². The third-order valence-corrected chi connectivity index (χ3v) is 7.68. The molecule has 0 bridgehead atoms. The average molecular weight is 464 g/mol. The number of rotatable bonds is 5. The maximum atomic E-state index is 14.2. The monoisotopic (exact) mass is 463 g/mol. The lowest BCUT2D eigenvalue weighted by Gasteiger charge is -2.33. The van der Waals surface area contributed by atoms with Gasteiger partial charge in [-0.3, -0.25) is 4.79 Å². The highest BCUT2D eigenvalue weighted by Gasteiger charge is 2.39. The Kier molecular flexibility index (Phi) is 6.89. The van der Waals surface area contributed by atoms with Crippen LogP contribution >= 0.6 is 0 Å². The Morgan fingerprint density at radius 2 is 1.88 bits per heavy atom. The summed E-state index contributed by atoms with van der Waals surface area (Å²) in [6.45, 7) is 9.60. The molecule has 3 heterocycles. The Labute approximate surface area is 203 Å². The zero-order chi connectivity index (χ0) is 23.7. The molecule has 1 saturated heterocycles. The second kappa shape index (κ2) is 10.0. The fourth-order valence-electron chi connectivity index (χ4n) is 5.93. The summed E-state index contributed by atoms with van der Waals surface area (Å²) in [4.78, 5) is 21.2. The van der Waals surface area contributed by atoms with Crippen molar-refractivity contribution in [3.8, 4) is 0 Å². The number of aromatic nitrogens is 1. The molecule has 1 aliphatic carbocycles. The van der Waals surface area contributed by atoms with E-state index in [2.05, 4.69) is 60.2 Å². The maximum Gasteiger partial charge on any atom is 0.144 e. The molecule has 2 atom stereocenters. The maximum absolute atomic E-state index is 14.2. The number of carbonyl (C=O) groups excluding carboxylic acids is 1. The minimum Gasteiger partial charge on any atom is -0.378 e. The summed E-state index contributed by atoms with van der Waals surface area (Å²) in [5, 5.41) is 3.55. The highest BCUT2D eigenvalue weighted by molar-refractivity contribution is 5.92. The fourth-order valence-corrected chi connectivity index (χ4v) is 5.93. The van der Waals surface area contributed by atoms with Crippen molar-refractivity contribution < 1.29 is 14.3 Å². The number of carbonyl (C=O) groups is 1. The largest absolute Gasteiger partial charge is 0.378 e. The zero-order valence-corrected chi connectivity index (χ0v) is 20.6. The molecule has 1 aromatic heterocycles. The molecular formula is C28H37N3O3. The first kappa shape index (κ1) is 23.3. The summed E-state index contributed by atoms with van der Waals surface area (Å²) in [6.07, 6.45) is 6.08. The molecule has 1 N–H and O–H groups in total. The van der Waals surface area contributed by atoms with Crippen molar-refractivity contribution >= 4 is 23.0 Å². The summed E-state index contributed by atoms with van der Waals surface area (Å²) >= 11 is 0. The third-order valence-electron chi connectivity index (χ3n) is 7.68. The van der Waals surface area contributed by atoms with Gasteiger partial charge in [-0.05, 0) is 80.8 Å². The summed E-state index contributed by atoms with van der Waals surface area (Å²) in [6, 6.07) is 10.6. The van der Waals surface area contributed by atoms with Crippen LogP contribution in [-0.4, -0.2) is 49.3 Å². The molecule has 2 fully saturated rings. The van der Waals surface area contributed by atoms with Crippen molar-refractivity contribution in [3.05, 3.63) is 47.7 Å². The number of Topliss-reactive ketones (excluding diaryl/α,β-unsaturated/α-hetero) is 1. The second-order valence-corrected chi connectivity index (χ2v) is 10.3. The first-order chi connectivity index (χ1) is 16.5. The molecule has 1 aromatic carbocycles. The Morgan fingerprint density at radius 3 is 2.62 bits per heavy atom. The summed E-state index contributed by atoms with van der Waals surface area (Å²) in [5.41, 5.74) is 4.38. The van der Waals surface area contributed by atoms with E-state index < -0.39 is 0 Å². The Hall–Kier alpha value is -2.44. The van der Waals surface area contributed by atoms with E-state index in [0.29, 0.717) is 5.78 Å². The summed E-state index contributed by atoms with van der Waals surface area (Å²) < 4.78 is 11.6. The number of benzene rings is 1. The molecule has 34 heavy (non-hydrogen) atoms. The van der Waals surface area contributed by atoms with Crippen molar-refractivity contribution in [1.82, 2.24) is 4.98 Å². The molecule has 182 valence electrons. The van der Waals surface area contributed by atoms with Gasteiger partial charge in [-0.2, -0.15) is 0 Å². The number of ketones is 1. The molecule has 3 aliphatic rings. The predicted octanol–water partition coefficient (Wildman–Crippen LogP) is 5.42. The van der Waals surface area contributed by atoms with Gasteiger partial charge in [0.05, 0.1) is 31.3 Å². The van der Waals surface area contributed by atoms with Crippen molar-refractivity contribution in [2.75, 3.05) is 36.5 Å². The van der Waals surface area contributed by atoms with Crippen LogP contribution in [0.1, 0.15) is 69.4 Å². The molecule has 1 saturated carbocycles. The SMILES string of the molecule is CC(C)OC1CCC(C(=O)C2c3cc(N4CCOCC4)ccc3Nc3ncccc3C2C)CC1. The third kappa shape index (κ3) is 4.71. The number of pyridine rings is 1. The van der Waals surface area contributed by atoms with E-state index in [9.17, 15) is 4.79 Å². The number of nitrogens with zero attached hydrogens (tertiary/aromatic N) is 2. The molecule has 2 aromatic rings. The lowest BCUT2D eigenvalue weighted by molar-refractivity contribution is -0.127. The quantitative estimate of drug-likeness (QED) is 0.639. The van der Waals surface area contributed by atoms with E-state index in [0.717, 1.165) is 74.6 Å². The molecule has 0 amide bonds. The Bertz CT molecular complexity index is 1010. The molecule has 0 spiro atoms. The van der Waals surface area contributed by atoms with Gasteiger partial charge in [0, 0.05) is 36.6 Å². The predicted molar refractivity (Wildman–Crippen MR) is 135 cm³/mol. The lowest BCUT2D eigenvalue weighted by atomic mass is 9.73. The van der Waals surface area contributed by atoms with E-state index >= 15 is 0 Å². The van der Waals surface area contributed by atoms with Crippen LogP contribution in [0.25, 0.3) is 0 Å². The van der Waals surface area contributed by atoms with Crippen LogP contribution in [0.5, 0.6) is 0 Å². The average Bonchev–Trinajstić information content (AvgIpc) is 2.97. The second-order valence-electron chi connectivity index (χ2n) is 10.3. The van der Waals surface area contributed by atoms with Gasteiger partial charge in [0.1, 0.15) is 11.6 Å². The van der Waals surface area contributed by atoms with Crippen molar-refractivity contribution in [1.29, 1.82) is 0 Å². The van der Waals surface area contributed by atoms with Gasteiger partial charge in [-0.15, -0.1) is 0 Å². The van der Waals surface area contributed by atoms with Gasteiger partial charge in [0.2, 0.25) is 0 Å². The normalized spacial score (nSPS) is 26.9. The number of nitrogens with one attached hydrogen (secondary N) is 1. The van der Waals surface area contributed by atoms with Crippen LogP contribution in [0.2, 0.25) is 0 Å². The van der Waals surface area contributed by atoms with Gasteiger partial charge >= 0.3 is 0 Å². The number of ether oxygens (including phenoxy) is 2. The fraction of sp³-hybridized carbons (Fsp3) is 0.571. The topological polar surface area (TPSA) is 63.7 Å². The standard InChI is InChI=1S/C28H37N3O3/c1-18(2)34-22-9-6-20(7-10-22)27(32)26-19(3)23-5-4-12-29-28(23)30-25-11-8-21(17-24(25)26)31-13-15-33-16-14-31/h4-5,8,11-12,17-20,22,26H,6-7,9-10,13-16H2,1-3H3,(H,29,30). The first-order valence-electron chi connectivity index (χ1n) is 12.9. The highest BCUT2D eigenvalue weighted by Crippen LogP contribution is 2.47. The molecular weight excluding hydrogens is 426 g/mol. The van der Waals surface area contributed by atoms with E-state index in [1.807, 2.05) is 12.3 Å². The first-order valence-corrected chi connectivity index (χ1v) is 12.9. The van der Waals surface area contributed by atoms with Crippen molar-refractivity contribution in [3.63, 3.8) is 0 Å². The van der Waals surface area contributed by atoms with Crippen molar-refractivity contribution in [2.45, 2.75) is 70.5 Å². The molecule has 0 radical (unpaired) electrons. The number of morpholine rings is 1. The lowest BCUT2D eigenvalue weighted by Crippen LogP contribution is -2.36. The molecule has 6 heteroatoms. The van der Waals surface area contributed by atoms with Crippen LogP contribution < -0.4 is 10.2 Å². The van der Waals surface area contributed by atoms with E-state index in [1.165, 1.54) is 5.69 Å². The van der Waals surface area contributed by atoms with E-state index in [-0.39, 0.29) is 30.0 Å². The van der Waals surface area contributed by atoms with Crippen LogP contribution in [0.15, 0.2) is 36.5 Å². The zero-order valence-electron chi connectivity index (χ0n) is 20.6. The summed E-state index contributed by atoms with van der Waals surface area (Å²) in [7, 11) is 0. The molecule has 6 nitrogen and oxygen atoms in total. The van der Waals surface area contributed by atoms with Gasteiger partial charge in [0.25, 0.3) is 0 Å². The van der Waals surface area contributed by atoms with Crippen LogP contribution in [-0.2, 0) is 14.3 Å². The van der Waals surface area contributed by atoms with E-state index in [1.54, 1.807) is 0 Å². The van der Waals surface area contributed by atoms with Gasteiger partial charge in [-0.25, -0.2) is 4.98 Å². The van der Waals surface area contributed by atoms with Gasteiger partial charge in [-0.1, -0.05) is 13.0 Å². The summed E-state index contributed by atoms with van der Waals surface area (Å²) in [5.74, 6) is 1.17. The van der Waals surface area contributed by atoms with Crippen LogP contribution in [0, 0.1) is 5.92 Å². The number of anilines is 3. The van der Waals surface area contributed by atoms with Gasteiger partial charge in [0.15, 0.2) is 0 Å². The van der Waals surface area contributed by atoms with Gasteiger partial charge < -0.3 is 19.7 Å². The molecule has 5 rings (SSSR count). The minimum atomic E-state index is -0.193. The Balaban J connectivity index is 1.48. The van der Waals surface area contributed by atoms with Crippen LogP contribution in [0.4, 0.5) is 17.2 Å². The number of hydrogen-bond acceptors (Lipinski definition) is 6. The minimum absolute atomic E-state index is 0.0505. The highest BCUT2D eigenvalue weighted by atomic mass is 16.5. The van der Waals surface area contributed by atoms with E-state index in [4.69, 9.17) is 9.47 Å². The Morgan fingerprint density at radius 1 is 1.12 bits per heavy atom. The molecule has 2 unspecified atom stereocenters. The number of fused-ring (bicyclic) bond motifs is 2. The number of hydrogen-bond donors (Lipinski definition) is 1. The van der Waals surface area contributed by atoms with Crippen LogP contribution in [0.3, 0.4) is 0 Å². The molecule has 2 aliphatic heterocycles.